The summed E-state index contributed by atoms with van der Waals surface area (Å²) >= 11 is 0. The number of hydrogen-bond donors (Lipinski definition) is 1. The summed E-state index contributed by atoms with van der Waals surface area (Å²) in [6, 6.07) is 5.99. The van der Waals surface area contributed by atoms with Crippen LogP contribution in [0, 0.1) is 0 Å². The molecule has 3 rings (SSSR count). The molecule has 1 N–H and O–H groups in total. The monoisotopic (exact) mass is 245 g/mol. The molecule has 2 aliphatic rings. The molecule has 1 aromatic carbocycles. The fourth-order valence-electron chi connectivity index (χ4n) is 3.41. The van der Waals surface area contributed by atoms with E-state index in [2.05, 4.69) is 11.4 Å². The number of methoxy groups -OCH3 is 1. The quantitative estimate of drug-likeness (QED) is 0.824. The number of rotatable bonds is 1. The Labute approximate surface area is 108 Å². The predicted octanol–water partition coefficient (Wildman–Crippen LogP) is 3.24. The molecule has 0 unspecified atom stereocenters. The van der Waals surface area contributed by atoms with Crippen molar-refractivity contribution in [1.82, 2.24) is 0 Å². The molecule has 3 nitrogen and oxygen atoms in total. The molecule has 1 saturated carbocycles. The van der Waals surface area contributed by atoms with Gasteiger partial charge in [0.15, 0.2) is 0 Å². The maximum Gasteiger partial charge on any atom is 0.235 e. The second kappa shape index (κ2) is 4.30. The van der Waals surface area contributed by atoms with E-state index >= 15 is 0 Å². The summed E-state index contributed by atoms with van der Waals surface area (Å²) in [6.45, 7) is 0. The molecule has 1 aliphatic carbocycles. The van der Waals surface area contributed by atoms with Crippen molar-refractivity contribution in [1.29, 1.82) is 0 Å². The van der Waals surface area contributed by atoms with Gasteiger partial charge in [-0.05, 0) is 24.5 Å². The third-order valence-electron chi connectivity index (χ3n) is 4.39. The highest BCUT2D eigenvalue weighted by Gasteiger charge is 2.47. The Balaban J connectivity index is 2.10. The molecule has 1 spiro atoms. The zero-order valence-electron chi connectivity index (χ0n) is 10.8. The van der Waals surface area contributed by atoms with E-state index < -0.39 is 0 Å². The first-order valence-electron chi connectivity index (χ1n) is 6.77. The molecule has 0 atom stereocenters. The normalized spacial score (nSPS) is 21.3. The van der Waals surface area contributed by atoms with Gasteiger partial charge in [0.1, 0.15) is 5.75 Å². The van der Waals surface area contributed by atoms with Crippen molar-refractivity contribution in [2.24, 2.45) is 0 Å². The van der Waals surface area contributed by atoms with Crippen LogP contribution in [0.25, 0.3) is 0 Å². The number of ether oxygens (including phenoxy) is 1. The molecular formula is C15H19NO2. The van der Waals surface area contributed by atoms with E-state index in [1.54, 1.807) is 7.11 Å². The molecule has 1 aromatic rings. The second-order valence-corrected chi connectivity index (χ2v) is 5.33. The van der Waals surface area contributed by atoms with Crippen LogP contribution in [0.3, 0.4) is 0 Å². The molecule has 3 heteroatoms. The van der Waals surface area contributed by atoms with Crippen LogP contribution >= 0.6 is 0 Å². The lowest BCUT2D eigenvalue weighted by Crippen LogP contribution is -2.33. The van der Waals surface area contributed by atoms with Crippen LogP contribution in [0.15, 0.2) is 18.2 Å². The number of nitrogens with one attached hydrogen (secondary N) is 1. The zero-order chi connectivity index (χ0) is 12.6. The minimum absolute atomic E-state index is 0.170. The van der Waals surface area contributed by atoms with Gasteiger partial charge in [-0.1, -0.05) is 37.8 Å². The van der Waals surface area contributed by atoms with Gasteiger partial charge in [0, 0.05) is 0 Å². The molecular weight excluding hydrogens is 226 g/mol. The van der Waals surface area contributed by atoms with Gasteiger partial charge < -0.3 is 10.1 Å². The highest BCUT2D eigenvalue weighted by Crippen LogP contribution is 2.49. The standard InChI is InChI=1S/C15H19NO2/c1-18-12-8-6-7-11-13(12)16-14(17)15(11)9-4-2-3-5-10-15/h6-8H,2-5,9-10H2,1H3,(H,16,17). The first-order valence-corrected chi connectivity index (χ1v) is 6.77. The molecule has 0 radical (unpaired) electrons. The number of carbonyl (C=O) groups excluding carboxylic acids is 1. The van der Waals surface area contributed by atoms with Crippen LogP contribution in [0.2, 0.25) is 0 Å². The maximum absolute atomic E-state index is 12.5. The third kappa shape index (κ3) is 1.53. The number of amides is 1. The van der Waals surface area contributed by atoms with E-state index in [1.807, 2.05) is 12.1 Å². The number of hydrogen-bond acceptors (Lipinski definition) is 2. The summed E-state index contributed by atoms with van der Waals surface area (Å²) in [5.41, 5.74) is 1.75. The number of fused-ring (bicyclic) bond motifs is 2. The largest absolute Gasteiger partial charge is 0.495 e. The average molecular weight is 245 g/mol. The molecule has 0 bridgehead atoms. The predicted molar refractivity (Wildman–Crippen MR) is 71.0 cm³/mol. The summed E-state index contributed by atoms with van der Waals surface area (Å²) < 4.78 is 5.36. The smallest absolute Gasteiger partial charge is 0.235 e. The van der Waals surface area contributed by atoms with E-state index in [-0.39, 0.29) is 11.3 Å². The number of para-hydroxylation sites is 1. The van der Waals surface area contributed by atoms with E-state index in [0.717, 1.165) is 42.7 Å². The van der Waals surface area contributed by atoms with Crippen molar-refractivity contribution >= 4 is 11.6 Å². The lowest BCUT2D eigenvalue weighted by Gasteiger charge is -2.25. The summed E-state index contributed by atoms with van der Waals surface area (Å²) in [4.78, 5) is 12.5. The molecule has 1 fully saturated rings. The van der Waals surface area contributed by atoms with Crippen molar-refractivity contribution in [3.05, 3.63) is 23.8 Å². The van der Waals surface area contributed by atoms with Crippen molar-refractivity contribution in [3.8, 4) is 5.75 Å². The third-order valence-corrected chi connectivity index (χ3v) is 4.39. The Kier molecular flexibility index (Phi) is 2.77. The molecule has 1 amide bonds. The first-order chi connectivity index (χ1) is 8.78. The Morgan fingerprint density at radius 2 is 1.89 bits per heavy atom. The topological polar surface area (TPSA) is 38.3 Å². The Morgan fingerprint density at radius 1 is 1.17 bits per heavy atom. The first kappa shape index (κ1) is 11.6. The van der Waals surface area contributed by atoms with Gasteiger partial charge in [0.25, 0.3) is 0 Å². The lowest BCUT2D eigenvalue weighted by molar-refractivity contribution is -0.121. The molecule has 0 saturated heterocycles. The Morgan fingerprint density at radius 3 is 2.56 bits per heavy atom. The summed E-state index contributed by atoms with van der Waals surface area (Å²) in [7, 11) is 1.65. The van der Waals surface area contributed by atoms with Crippen molar-refractivity contribution in [3.63, 3.8) is 0 Å². The lowest BCUT2D eigenvalue weighted by atomic mass is 9.75. The van der Waals surface area contributed by atoms with E-state index in [0.29, 0.717) is 0 Å². The summed E-state index contributed by atoms with van der Waals surface area (Å²) in [6.07, 6.45) is 6.72. The zero-order valence-corrected chi connectivity index (χ0v) is 10.8. The fraction of sp³-hybridized carbons (Fsp3) is 0.533. The summed E-state index contributed by atoms with van der Waals surface area (Å²) in [5, 5.41) is 3.04. The van der Waals surface area contributed by atoms with Crippen LogP contribution in [-0.4, -0.2) is 13.0 Å². The number of benzene rings is 1. The molecule has 0 aromatic heterocycles. The van der Waals surface area contributed by atoms with Crippen molar-refractivity contribution in [2.45, 2.75) is 43.9 Å². The average Bonchev–Trinajstić information content (AvgIpc) is 2.58. The minimum atomic E-state index is -0.291. The van der Waals surface area contributed by atoms with Crippen LogP contribution in [-0.2, 0) is 10.2 Å². The van der Waals surface area contributed by atoms with Crippen molar-refractivity contribution < 1.29 is 9.53 Å². The van der Waals surface area contributed by atoms with Gasteiger partial charge in [-0.25, -0.2) is 0 Å². The van der Waals surface area contributed by atoms with Crippen LogP contribution in [0.1, 0.15) is 44.1 Å². The maximum atomic E-state index is 12.5. The fourth-order valence-corrected chi connectivity index (χ4v) is 3.41. The van der Waals surface area contributed by atoms with Gasteiger partial charge >= 0.3 is 0 Å². The molecule has 1 heterocycles. The second-order valence-electron chi connectivity index (χ2n) is 5.33. The van der Waals surface area contributed by atoms with Gasteiger partial charge in [0.05, 0.1) is 18.2 Å². The number of carbonyl (C=O) groups is 1. The Hall–Kier alpha value is -1.51. The highest BCUT2D eigenvalue weighted by atomic mass is 16.5. The van der Waals surface area contributed by atoms with Crippen LogP contribution < -0.4 is 10.1 Å². The van der Waals surface area contributed by atoms with Crippen molar-refractivity contribution in [2.75, 3.05) is 12.4 Å². The highest BCUT2D eigenvalue weighted by molar-refractivity contribution is 6.07. The van der Waals surface area contributed by atoms with Gasteiger partial charge in [0.2, 0.25) is 5.91 Å². The molecule has 96 valence electrons. The van der Waals surface area contributed by atoms with E-state index in [9.17, 15) is 4.79 Å². The molecule has 18 heavy (non-hydrogen) atoms. The van der Waals surface area contributed by atoms with Gasteiger partial charge in [-0.2, -0.15) is 0 Å². The van der Waals surface area contributed by atoms with E-state index in [4.69, 9.17) is 4.74 Å². The Bertz CT molecular complexity index is 473. The molecule has 1 aliphatic heterocycles. The van der Waals surface area contributed by atoms with Crippen LogP contribution in [0.5, 0.6) is 5.75 Å². The minimum Gasteiger partial charge on any atom is -0.495 e. The van der Waals surface area contributed by atoms with Crippen LogP contribution in [0.4, 0.5) is 5.69 Å². The van der Waals surface area contributed by atoms with Gasteiger partial charge in [-0.3, -0.25) is 4.79 Å². The van der Waals surface area contributed by atoms with Gasteiger partial charge in [-0.15, -0.1) is 0 Å². The SMILES string of the molecule is COc1cccc2c1NC(=O)C21CCCCCC1. The van der Waals surface area contributed by atoms with E-state index in [1.165, 1.54) is 12.8 Å². The number of anilines is 1. The summed E-state index contributed by atoms with van der Waals surface area (Å²) in [5.74, 6) is 0.950.